The molecule has 0 aromatic heterocycles. The molecule has 37 heavy (non-hydrogen) atoms. The molecule has 4 aliphatic rings. The van der Waals surface area contributed by atoms with Gasteiger partial charge in [0.25, 0.3) is 11.8 Å². The van der Waals surface area contributed by atoms with Crippen molar-refractivity contribution in [1.82, 2.24) is 15.1 Å². The maximum atomic E-state index is 12.4. The first-order valence-corrected chi connectivity index (χ1v) is 12.6. The van der Waals surface area contributed by atoms with Crippen LogP contribution < -0.4 is 11.1 Å². The van der Waals surface area contributed by atoms with E-state index in [1.54, 1.807) is 0 Å². The zero-order valence-electron chi connectivity index (χ0n) is 20.5. The number of ether oxygens (including phenoxy) is 2. The molecule has 5 unspecified atom stereocenters. The normalized spacial score (nSPS) is 31.8. The fraction of sp³-hybridized carbons (Fsp3) is 0.500. The third kappa shape index (κ3) is 5.34. The summed E-state index contributed by atoms with van der Waals surface area (Å²) in [4.78, 5) is 57.6. The molecule has 1 aliphatic carbocycles. The predicted molar refractivity (Wildman–Crippen MR) is 133 cm³/mol. The van der Waals surface area contributed by atoms with E-state index in [1.807, 2.05) is 46.2 Å². The van der Waals surface area contributed by atoms with E-state index in [9.17, 15) is 19.2 Å². The van der Waals surface area contributed by atoms with Crippen LogP contribution in [-0.2, 0) is 35.2 Å². The summed E-state index contributed by atoms with van der Waals surface area (Å²) in [5.41, 5.74) is 7.61. The SMILES string of the molecule is NC(=O)C1CC2CN1CCNCOC1C(=O)C(=O)C(=O)C1CC/C=C\CN1Cc3ccccc3N=C1O2. The van der Waals surface area contributed by atoms with Crippen molar-refractivity contribution in [3.63, 3.8) is 0 Å². The highest BCUT2D eigenvalue weighted by Gasteiger charge is 2.49. The van der Waals surface area contributed by atoms with Crippen LogP contribution in [-0.4, -0.2) is 90.2 Å². The number of nitrogens with zero attached hydrogens (tertiary/aromatic N) is 3. The van der Waals surface area contributed by atoms with Gasteiger partial charge in [-0.1, -0.05) is 30.4 Å². The topological polar surface area (TPSA) is 144 Å². The van der Waals surface area contributed by atoms with Crippen LogP contribution in [0.2, 0.25) is 0 Å². The largest absolute Gasteiger partial charge is 0.460 e. The van der Waals surface area contributed by atoms with E-state index in [0.717, 1.165) is 11.3 Å². The molecule has 0 spiro atoms. The second kappa shape index (κ2) is 10.9. The van der Waals surface area contributed by atoms with Crippen molar-refractivity contribution < 1.29 is 28.7 Å². The minimum atomic E-state index is -1.07. The van der Waals surface area contributed by atoms with Crippen LogP contribution in [0.25, 0.3) is 0 Å². The number of allylic oxidation sites excluding steroid dienone is 1. The van der Waals surface area contributed by atoms with Crippen molar-refractivity contribution >= 4 is 35.0 Å². The fourth-order valence-corrected chi connectivity index (χ4v) is 5.34. The summed E-state index contributed by atoms with van der Waals surface area (Å²) in [6.45, 7) is 2.59. The Bertz CT molecular complexity index is 1150. The van der Waals surface area contributed by atoms with E-state index >= 15 is 0 Å². The highest BCUT2D eigenvalue weighted by atomic mass is 16.5. The van der Waals surface area contributed by atoms with Gasteiger partial charge in [0.1, 0.15) is 12.2 Å². The summed E-state index contributed by atoms with van der Waals surface area (Å²) in [5.74, 6) is -3.65. The molecule has 3 N–H and O–H groups in total. The van der Waals surface area contributed by atoms with Crippen LogP contribution >= 0.6 is 0 Å². The van der Waals surface area contributed by atoms with Crippen LogP contribution in [0.15, 0.2) is 41.4 Å². The minimum absolute atomic E-state index is 0.00346. The van der Waals surface area contributed by atoms with E-state index in [-0.39, 0.29) is 12.8 Å². The number of ketones is 3. The van der Waals surface area contributed by atoms with Crippen molar-refractivity contribution in [2.75, 3.05) is 32.9 Å². The maximum Gasteiger partial charge on any atom is 0.293 e. The lowest BCUT2D eigenvalue weighted by Gasteiger charge is -2.30. The Morgan fingerprint density at radius 2 is 1.97 bits per heavy atom. The Morgan fingerprint density at radius 1 is 1.14 bits per heavy atom. The molecular formula is C26H31N5O6. The van der Waals surface area contributed by atoms with E-state index in [0.29, 0.717) is 58.0 Å². The van der Waals surface area contributed by atoms with Gasteiger partial charge in [-0.3, -0.25) is 29.4 Å². The molecule has 5 atom stereocenters. The summed E-state index contributed by atoms with van der Waals surface area (Å²) in [7, 11) is 0. The monoisotopic (exact) mass is 509 g/mol. The van der Waals surface area contributed by atoms with Crippen LogP contribution in [0.3, 0.4) is 0 Å². The van der Waals surface area contributed by atoms with Crippen molar-refractivity contribution in [1.29, 1.82) is 0 Å². The highest BCUT2D eigenvalue weighted by molar-refractivity contribution is 6.68. The Balaban J connectivity index is 1.37. The second-order valence-corrected chi connectivity index (χ2v) is 9.74. The summed E-state index contributed by atoms with van der Waals surface area (Å²) < 4.78 is 12.0. The number of Topliss-reactive ketones (excluding diaryl/α,β-unsaturated/α-hetero) is 3. The maximum absolute atomic E-state index is 12.4. The van der Waals surface area contributed by atoms with Gasteiger partial charge in [-0.15, -0.1) is 0 Å². The number of amides is 1. The third-order valence-electron chi connectivity index (χ3n) is 7.29. The molecule has 1 saturated carbocycles. The van der Waals surface area contributed by atoms with Gasteiger partial charge in [-0.25, -0.2) is 0 Å². The lowest BCUT2D eigenvalue weighted by Crippen LogP contribution is -2.43. The number of aliphatic imine (C=N–C) groups is 1. The zero-order chi connectivity index (χ0) is 25.9. The van der Waals surface area contributed by atoms with Gasteiger partial charge in [0, 0.05) is 39.1 Å². The number of amidine groups is 1. The van der Waals surface area contributed by atoms with E-state index in [1.165, 1.54) is 0 Å². The summed E-state index contributed by atoms with van der Waals surface area (Å²) in [6, 6.07) is 7.90. The number of benzene rings is 1. The quantitative estimate of drug-likeness (QED) is 0.396. The Hall–Kier alpha value is -3.41. The van der Waals surface area contributed by atoms with E-state index in [2.05, 4.69) is 5.32 Å². The fourth-order valence-electron chi connectivity index (χ4n) is 5.34. The number of hydrogen-bond acceptors (Lipinski definition) is 10. The molecule has 0 radical (unpaired) electrons. The zero-order valence-corrected chi connectivity index (χ0v) is 20.5. The van der Waals surface area contributed by atoms with Crippen LogP contribution in [0.4, 0.5) is 5.69 Å². The molecule has 1 aromatic carbocycles. The number of fused-ring (bicyclic) bond motifs is 5. The number of nitrogens with two attached hydrogens (primary N) is 1. The number of primary amides is 1. The van der Waals surface area contributed by atoms with E-state index < -0.39 is 41.3 Å². The van der Waals surface area contributed by atoms with Gasteiger partial charge in [-0.2, -0.15) is 4.99 Å². The number of hydrogen-bond donors (Lipinski definition) is 2. The molecule has 5 rings (SSSR count). The number of para-hydroxylation sites is 1. The molecule has 11 nitrogen and oxygen atoms in total. The summed E-state index contributed by atoms with van der Waals surface area (Å²) in [6.07, 6.45) is 3.88. The molecule has 11 heteroatoms. The third-order valence-corrected chi connectivity index (χ3v) is 7.29. The molecule has 3 aliphatic heterocycles. The van der Waals surface area contributed by atoms with Gasteiger partial charge < -0.3 is 20.1 Å². The standard InChI is InChI=1S/C26H31N5O6/c27-25(35)20-12-17-14-30(20)11-9-28-15-36-24-18(21(32)22(33)23(24)34)7-2-1-5-10-31-13-16-6-3-4-8-19(16)29-26(31)37-17/h1,3-6,8,17-18,20,24,28H,2,7,9-15H2,(H2,27,35)/b5-1-. The van der Waals surface area contributed by atoms with Crippen LogP contribution in [0, 0.1) is 5.92 Å². The smallest absolute Gasteiger partial charge is 0.293 e. The lowest BCUT2D eigenvalue weighted by molar-refractivity contribution is -0.142. The van der Waals surface area contributed by atoms with Crippen molar-refractivity contribution in [2.45, 2.75) is 44.1 Å². The molecule has 1 saturated heterocycles. The predicted octanol–water partition coefficient (Wildman–Crippen LogP) is 0.0539. The van der Waals surface area contributed by atoms with Gasteiger partial charge in [-0.05, 0) is 24.5 Å². The van der Waals surface area contributed by atoms with Crippen LogP contribution in [0.5, 0.6) is 0 Å². The number of carbonyl (C=O) groups is 4. The van der Waals surface area contributed by atoms with Gasteiger partial charge in [0.05, 0.1) is 24.4 Å². The Kier molecular flexibility index (Phi) is 7.45. The van der Waals surface area contributed by atoms with Crippen molar-refractivity contribution in [3.8, 4) is 0 Å². The average molecular weight is 510 g/mol. The molecule has 2 fully saturated rings. The van der Waals surface area contributed by atoms with Crippen LogP contribution in [0.1, 0.15) is 24.8 Å². The first-order chi connectivity index (χ1) is 17.9. The van der Waals surface area contributed by atoms with Crippen molar-refractivity contribution in [2.24, 2.45) is 16.6 Å². The minimum Gasteiger partial charge on any atom is -0.460 e. The van der Waals surface area contributed by atoms with Gasteiger partial charge in [0.2, 0.25) is 17.5 Å². The first-order valence-electron chi connectivity index (χ1n) is 12.6. The van der Waals surface area contributed by atoms with Gasteiger partial charge >= 0.3 is 0 Å². The molecule has 2 bridgehead atoms. The molecule has 1 amide bonds. The molecule has 196 valence electrons. The average Bonchev–Trinajstić information content (AvgIpc) is 3.38. The highest BCUT2D eigenvalue weighted by Crippen LogP contribution is 2.29. The number of carbonyl (C=O) groups excluding carboxylic acids is 4. The lowest BCUT2D eigenvalue weighted by atomic mass is 9.98. The summed E-state index contributed by atoms with van der Waals surface area (Å²) in [5, 5.41) is 3.07. The first kappa shape index (κ1) is 25.2. The number of rotatable bonds is 1. The molecule has 3 heterocycles. The molecular weight excluding hydrogens is 478 g/mol. The van der Waals surface area contributed by atoms with Gasteiger partial charge in [0.15, 0.2) is 0 Å². The van der Waals surface area contributed by atoms with E-state index in [4.69, 9.17) is 20.2 Å². The second-order valence-electron chi connectivity index (χ2n) is 9.74. The molecule has 1 aromatic rings. The van der Waals surface area contributed by atoms with Crippen molar-refractivity contribution in [3.05, 3.63) is 42.0 Å². The Morgan fingerprint density at radius 3 is 2.81 bits per heavy atom. The number of nitrogens with one attached hydrogen (secondary N) is 1. The Labute approximate surface area is 214 Å². The summed E-state index contributed by atoms with van der Waals surface area (Å²) >= 11 is 0.